The molecule has 0 aliphatic carbocycles. The molecule has 14 heavy (non-hydrogen) atoms. The SMILES string of the molecule is CCCCCCCn1ccnc1CN. The van der Waals surface area contributed by atoms with Gasteiger partial charge >= 0.3 is 0 Å². The van der Waals surface area contributed by atoms with Crippen molar-refractivity contribution in [2.75, 3.05) is 0 Å². The first kappa shape index (κ1) is 11.2. The van der Waals surface area contributed by atoms with Crippen molar-refractivity contribution in [3.8, 4) is 0 Å². The van der Waals surface area contributed by atoms with Gasteiger partial charge in [0, 0.05) is 18.9 Å². The number of aromatic nitrogens is 2. The van der Waals surface area contributed by atoms with Crippen LogP contribution in [0.15, 0.2) is 12.4 Å². The van der Waals surface area contributed by atoms with Crippen LogP contribution in [0, 0.1) is 0 Å². The van der Waals surface area contributed by atoms with E-state index in [0.717, 1.165) is 12.4 Å². The summed E-state index contributed by atoms with van der Waals surface area (Å²) in [6.07, 6.45) is 10.4. The van der Waals surface area contributed by atoms with E-state index in [4.69, 9.17) is 5.73 Å². The third-order valence-electron chi connectivity index (χ3n) is 2.49. The van der Waals surface area contributed by atoms with E-state index in [9.17, 15) is 0 Å². The largest absolute Gasteiger partial charge is 0.334 e. The van der Waals surface area contributed by atoms with Crippen LogP contribution in [0.2, 0.25) is 0 Å². The van der Waals surface area contributed by atoms with Gasteiger partial charge in [-0.3, -0.25) is 0 Å². The Hall–Kier alpha value is -0.830. The van der Waals surface area contributed by atoms with Crippen molar-refractivity contribution < 1.29 is 0 Å². The van der Waals surface area contributed by atoms with Gasteiger partial charge in [-0.05, 0) is 6.42 Å². The summed E-state index contributed by atoms with van der Waals surface area (Å²) in [5.74, 6) is 1.00. The van der Waals surface area contributed by atoms with Crippen molar-refractivity contribution in [1.82, 2.24) is 9.55 Å². The molecule has 0 bridgehead atoms. The molecule has 0 fully saturated rings. The van der Waals surface area contributed by atoms with Gasteiger partial charge < -0.3 is 10.3 Å². The monoisotopic (exact) mass is 195 g/mol. The summed E-state index contributed by atoms with van der Waals surface area (Å²) >= 11 is 0. The summed E-state index contributed by atoms with van der Waals surface area (Å²) in [4.78, 5) is 4.19. The Morgan fingerprint density at radius 3 is 2.79 bits per heavy atom. The second-order valence-electron chi connectivity index (χ2n) is 3.66. The molecule has 1 heterocycles. The van der Waals surface area contributed by atoms with E-state index in [-0.39, 0.29) is 0 Å². The van der Waals surface area contributed by atoms with Crippen LogP contribution in [-0.2, 0) is 13.1 Å². The Bertz CT molecular complexity index is 242. The highest BCUT2D eigenvalue weighted by atomic mass is 15.1. The zero-order valence-corrected chi connectivity index (χ0v) is 9.08. The Kier molecular flexibility index (Phi) is 5.30. The molecule has 0 amide bonds. The number of imidazole rings is 1. The third-order valence-corrected chi connectivity index (χ3v) is 2.49. The fourth-order valence-electron chi connectivity index (χ4n) is 1.62. The van der Waals surface area contributed by atoms with Crippen molar-refractivity contribution in [3.05, 3.63) is 18.2 Å². The first-order chi connectivity index (χ1) is 6.88. The molecular weight excluding hydrogens is 174 g/mol. The van der Waals surface area contributed by atoms with E-state index in [1.54, 1.807) is 0 Å². The number of unbranched alkanes of at least 4 members (excludes halogenated alkanes) is 4. The van der Waals surface area contributed by atoms with Crippen molar-refractivity contribution >= 4 is 0 Å². The Morgan fingerprint density at radius 2 is 2.07 bits per heavy atom. The topological polar surface area (TPSA) is 43.8 Å². The van der Waals surface area contributed by atoms with Gasteiger partial charge in [-0.2, -0.15) is 0 Å². The predicted octanol–water partition coefficient (Wildman–Crippen LogP) is 2.31. The number of nitrogens with zero attached hydrogens (tertiary/aromatic N) is 2. The standard InChI is InChI=1S/C11H21N3/c1-2-3-4-5-6-8-14-9-7-13-11(14)10-12/h7,9H,2-6,8,10,12H2,1H3. The number of nitrogens with two attached hydrogens (primary N) is 1. The molecule has 1 rings (SSSR count). The molecule has 0 spiro atoms. The lowest BCUT2D eigenvalue weighted by atomic mass is 10.1. The van der Waals surface area contributed by atoms with Crippen molar-refractivity contribution in [2.45, 2.75) is 52.1 Å². The fraction of sp³-hybridized carbons (Fsp3) is 0.727. The van der Waals surface area contributed by atoms with Crippen LogP contribution in [-0.4, -0.2) is 9.55 Å². The highest BCUT2D eigenvalue weighted by molar-refractivity contribution is 4.90. The van der Waals surface area contributed by atoms with Crippen LogP contribution in [0.3, 0.4) is 0 Å². The maximum Gasteiger partial charge on any atom is 0.122 e. The highest BCUT2D eigenvalue weighted by Gasteiger charge is 1.98. The van der Waals surface area contributed by atoms with E-state index in [1.807, 2.05) is 12.4 Å². The van der Waals surface area contributed by atoms with Crippen LogP contribution in [0.25, 0.3) is 0 Å². The average molecular weight is 195 g/mol. The second-order valence-corrected chi connectivity index (χ2v) is 3.66. The molecule has 0 saturated heterocycles. The van der Waals surface area contributed by atoms with E-state index < -0.39 is 0 Å². The minimum absolute atomic E-state index is 0.544. The fourth-order valence-corrected chi connectivity index (χ4v) is 1.62. The summed E-state index contributed by atoms with van der Waals surface area (Å²) in [6.45, 7) is 3.85. The smallest absolute Gasteiger partial charge is 0.122 e. The van der Waals surface area contributed by atoms with E-state index in [1.165, 1.54) is 32.1 Å². The Labute approximate surface area is 86.3 Å². The quantitative estimate of drug-likeness (QED) is 0.678. The van der Waals surface area contributed by atoms with Gasteiger partial charge in [0.1, 0.15) is 5.82 Å². The van der Waals surface area contributed by atoms with Gasteiger partial charge in [-0.1, -0.05) is 32.6 Å². The summed E-state index contributed by atoms with van der Waals surface area (Å²) in [5.41, 5.74) is 5.56. The first-order valence-corrected chi connectivity index (χ1v) is 5.58. The minimum Gasteiger partial charge on any atom is -0.334 e. The lowest BCUT2D eigenvalue weighted by molar-refractivity contribution is 0.554. The molecule has 0 saturated carbocycles. The molecule has 0 atom stereocenters. The van der Waals surface area contributed by atoms with E-state index >= 15 is 0 Å². The maximum absolute atomic E-state index is 5.56. The zero-order chi connectivity index (χ0) is 10.2. The molecular formula is C11H21N3. The third kappa shape index (κ3) is 3.50. The molecule has 0 aromatic carbocycles. The zero-order valence-electron chi connectivity index (χ0n) is 9.08. The van der Waals surface area contributed by atoms with Crippen molar-refractivity contribution in [2.24, 2.45) is 5.73 Å². The Morgan fingerprint density at radius 1 is 1.29 bits per heavy atom. The lowest BCUT2D eigenvalue weighted by Gasteiger charge is -2.05. The van der Waals surface area contributed by atoms with Gasteiger partial charge in [-0.15, -0.1) is 0 Å². The van der Waals surface area contributed by atoms with Gasteiger partial charge in [0.25, 0.3) is 0 Å². The van der Waals surface area contributed by atoms with Gasteiger partial charge in [0.05, 0.1) is 6.54 Å². The Balaban J connectivity index is 2.17. The van der Waals surface area contributed by atoms with E-state index in [0.29, 0.717) is 6.54 Å². The van der Waals surface area contributed by atoms with Gasteiger partial charge in [-0.25, -0.2) is 4.98 Å². The molecule has 80 valence electrons. The van der Waals surface area contributed by atoms with Crippen molar-refractivity contribution in [3.63, 3.8) is 0 Å². The molecule has 3 heteroatoms. The molecule has 3 nitrogen and oxygen atoms in total. The summed E-state index contributed by atoms with van der Waals surface area (Å²) in [5, 5.41) is 0. The average Bonchev–Trinajstić information content (AvgIpc) is 2.65. The second kappa shape index (κ2) is 6.60. The highest BCUT2D eigenvalue weighted by Crippen LogP contribution is 2.05. The minimum atomic E-state index is 0.544. The molecule has 0 aliphatic rings. The number of aryl methyl sites for hydroxylation is 1. The van der Waals surface area contributed by atoms with Gasteiger partial charge in [0.2, 0.25) is 0 Å². The normalized spacial score (nSPS) is 10.7. The number of rotatable bonds is 7. The van der Waals surface area contributed by atoms with Crippen LogP contribution in [0.1, 0.15) is 44.9 Å². The lowest BCUT2D eigenvalue weighted by Crippen LogP contribution is -2.08. The van der Waals surface area contributed by atoms with Gasteiger partial charge in [0.15, 0.2) is 0 Å². The molecule has 0 radical (unpaired) electrons. The molecule has 0 aliphatic heterocycles. The molecule has 2 N–H and O–H groups in total. The van der Waals surface area contributed by atoms with Crippen LogP contribution < -0.4 is 5.73 Å². The number of hydrogen-bond donors (Lipinski definition) is 1. The number of hydrogen-bond acceptors (Lipinski definition) is 2. The molecule has 0 unspecified atom stereocenters. The summed E-state index contributed by atoms with van der Waals surface area (Å²) < 4.78 is 2.16. The predicted molar refractivity (Wildman–Crippen MR) is 58.9 cm³/mol. The molecule has 1 aromatic heterocycles. The maximum atomic E-state index is 5.56. The van der Waals surface area contributed by atoms with Crippen molar-refractivity contribution in [1.29, 1.82) is 0 Å². The summed E-state index contributed by atoms with van der Waals surface area (Å²) in [6, 6.07) is 0. The molecule has 1 aromatic rings. The van der Waals surface area contributed by atoms with Crippen LogP contribution in [0.4, 0.5) is 0 Å². The van der Waals surface area contributed by atoms with Crippen LogP contribution >= 0.6 is 0 Å². The summed E-state index contributed by atoms with van der Waals surface area (Å²) in [7, 11) is 0. The van der Waals surface area contributed by atoms with Crippen LogP contribution in [0.5, 0.6) is 0 Å². The first-order valence-electron chi connectivity index (χ1n) is 5.58. The van der Waals surface area contributed by atoms with E-state index in [2.05, 4.69) is 16.5 Å².